The molecule has 158 valence electrons. The number of aliphatic hydroxyl groups excluding tert-OH is 1. The van der Waals surface area contributed by atoms with Crippen LogP contribution in [0, 0.1) is 11.6 Å². The fourth-order valence-corrected chi connectivity index (χ4v) is 2.76. The Morgan fingerprint density at radius 1 is 1.10 bits per heavy atom. The zero-order valence-corrected chi connectivity index (χ0v) is 17.0. The molecule has 0 fully saturated rings. The normalized spacial score (nSPS) is 13.6. The highest BCUT2D eigenvalue weighted by Crippen LogP contribution is 2.26. The first kappa shape index (κ1) is 22.4. The van der Waals surface area contributed by atoms with E-state index < -0.39 is 23.8 Å². The van der Waals surface area contributed by atoms with Crippen LogP contribution in [-0.4, -0.2) is 38.4 Å². The molecule has 2 rings (SSSR count). The van der Waals surface area contributed by atoms with Crippen LogP contribution in [0.1, 0.15) is 37.1 Å². The number of aliphatic hydroxyl groups is 1. The summed E-state index contributed by atoms with van der Waals surface area (Å²) in [6.45, 7) is 4.27. The van der Waals surface area contributed by atoms with Crippen molar-refractivity contribution in [2.75, 3.05) is 27.3 Å². The van der Waals surface area contributed by atoms with Crippen LogP contribution < -0.4 is 20.1 Å². The molecule has 0 aliphatic rings. The maximum absolute atomic E-state index is 14.0. The first-order valence-corrected chi connectivity index (χ1v) is 9.28. The van der Waals surface area contributed by atoms with Crippen LogP contribution >= 0.6 is 0 Å². The molecule has 0 aromatic heterocycles. The second kappa shape index (κ2) is 10.6. The first-order valence-electron chi connectivity index (χ1n) is 9.28. The second-order valence-corrected chi connectivity index (χ2v) is 6.41. The SMILES string of the molecule is CCNC(=NCC(O)c1cc(OC)cc(OC)c1)NC(C)c1ccc(F)cc1F. The highest BCUT2D eigenvalue weighted by atomic mass is 19.1. The van der Waals surface area contributed by atoms with Crippen molar-refractivity contribution in [1.29, 1.82) is 0 Å². The van der Waals surface area contributed by atoms with Gasteiger partial charge in [0.15, 0.2) is 5.96 Å². The Balaban J connectivity index is 2.13. The molecule has 2 atom stereocenters. The van der Waals surface area contributed by atoms with Gasteiger partial charge >= 0.3 is 0 Å². The number of benzene rings is 2. The highest BCUT2D eigenvalue weighted by Gasteiger charge is 2.15. The van der Waals surface area contributed by atoms with Crippen LogP contribution in [0.15, 0.2) is 41.4 Å². The van der Waals surface area contributed by atoms with E-state index in [9.17, 15) is 13.9 Å². The summed E-state index contributed by atoms with van der Waals surface area (Å²) in [5, 5.41) is 16.6. The highest BCUT2D eigenvalue weighted by molar-refractivity contribution is 5.80. The number of nitrogens with one attached hydrogen (secondary N) is 2. The van der Waals surface area contributed by atoms with Crippen LogP contribution in [0.2, 0.25) is 0 Å². The van der Waals surface area contributed by atoms with Gasteiger partial charge < -0.3 is 25.2 Å². The van der Waals surface area contributed by atoms with Crippen LogP contribution in [-0.2, 0) is 0 Å². The third-order valence-corrected chi connectivity index (χ3v) is 4.31. The summed E-state index contributed by atoms with van der Waals surface area (Å²) in [4.78, 5) is 4.38. The van der Waals surface area contributed by atoms with Crippen LogP contribution in [0.3, 0.4) is 0 Å². The molecule has 29 heavy (non-hydrogen) atoms. The van der Waals surface area contributed by atoms with Crippen molar-refractivity contribution in [3.8, 4) is 11.5 Å². The molecular weight excluding hydrogens is 380 g/mol. The predicted molar refractivity (Wildman–Crippen MR) is 108 cm³/mol. The van der Waals surface area contributed by atoms with Gasteiger partial charge in [-0.25, -0.2) is 8.78 Å². The quantitative estimate of drug-likeness (QED) is 0.462. The van der Waals surface area contributed by atoms with E-state index in [0.717, 1.165) is 6.07 Å². The lowest BCUT2D eigenvalue weighted by molar-refractivity contribution is 0.186. The fourth-order valence-electron chi connectivity index (χ4n) is 2.76. The van der Waals surface area contributed by atoms with E-state index in [1.807, 2.05) is 6.92 Å². The molecule has 2 aromatic rings. The topological polar surface area (TPSA) is 75.1 Å². The van der Waals surface area contributed by atoms with Gasteiger partial charge in [-0.1, -0.05) is 6.07 Å². The van der Waals surface area contributed by atoms with E-state index in [2.05, 4.69) is 15.6 Å². The Morgan fingerprint density at radius 3 is 2.31 bits per heavy atom. The predicted octanol–water partition coefficient (Wildman–Crippen LogP) is 3.33. The van der Waals surface area contributed by atoms with E-state index in [4.69, 9.17) is 9.47 Å². The zero-order chi connectivity index (χ0) is 21.4. The van der Waals surface area contributed by atoms with E-state index in [-0.39, 0.29) is 6.54 Å². The molecule has 0 aliphatic carbocycles. The minimum atomic E-state index is -0.896. The number of aliphatic imine (C=N–C) groups is 1. The summed E-state index contributed by atoms with van der Waals surface area (Å²) in [6.07, 6.45) is -0.896. The largest absolute Gasteiger partial charge is 0.497 e. The summed E-state index contributed by atoms with van der Waals surface area (Å²) in [5.74, 6) is 0.262. The minimum Gasteiger partial charge on any atom is -0.497 e. The number of halogens is 2. The van der Waals surface area contributed by atoms with Gasteiger partial charge in [-0.2, -0.15) is 0 Å². The smallest absolute Gasteiger partial charge is 0.191 e. The Labute approximate surface area is 169 Å². The molecule has 6 nitrogen and oxygen atoms in total. The summed E-state index contributed by atoms with van der Waals surface area (Å²) >= 11 is 0. The molecule has 0 saturated carbocycles. The monoisotopic (exact) mass is 407 g/mol. The number of guanidine groups is 1. The minimum absolute atomic E-state index is 0.0598. The van der Waals surface area contributed by atoms with Gasteiger partial charge in [0.2, 0.25) is 0 Å². The molecular formula is C21H27F2N3O3. The molecule has 0 amide bonds. The molecule has 2 aromatic carbocycles. The standard InChI is InChI=1S/C21H27F2N3O3/c1-5-24-21(26-13(2)18-7-6-15(22)10-19(18)23)25-12-20(27)14-8-16(28-3)11-17(9-14)29-4/h6-11,13,20,27H,5,12H2,1-4H3,(H2,24,25,26). The van der Waals surface area contributed by atoms with Crippen molar-refractivity contribution in [2.45, 2.75) is 26.0 Å². The van der Waals surface area contributed by atoms with E-state index in [1.165, 1.54) is 26.4 Å². The van der Waals surface area contributed by atoms with Crippen molar-refractivity contribution < 1.29 is 23.4 Å². The number of hydrogen-bond donors (Lipinski definition) is 3. The second-order valence-electron chi connectivity index (χ2n) is 6.41. The molecule has 3 N–H and O–H groups in total. The summed E-state index contributed by atoms with van der Waals surface area (Å²) in [7, 11) is 3.07. The Morgan fingerprint density at radius 2 is 1.76 bits per heavy atom. The van der Waals surface area contributed by atoms with Gasteiger partial charge in [-0.3, -0.25) is 4.99 Å². The van der Waals surface area contributed by atoms with Crippen molar-refractivity contribution in [3.63, 3.8) is 0 Å². The van der Waals surface area contributed by atoms with Gasteiger partial charge in [0.05, 0.1) is 32.9 Å². The molecule has 0 saturated heterocycles. The molecule has 0 bridgehead atoms. The Bertz CT molecular complexity index is 824. The van der Waals surface area contributed by atoms with Gasteiger partial charge in [-0.15, -0.1) is 0 Å². The number of ether oxygens (including phenoxy) is 2. The van der Waals surface area contributed by atoms with E-state index >= 15 is 0 Å². The van der Waals surface area contributed by atoms with Gasteiger partial charge in [0.25, 0.3) is 0 Å². The summed E-state index contributed by atoms with van der Waals surface area (Å²) < 4.78 is 37.6. The Hall–Kier alpha value is -2.87. The molecule has 8 heteroatoms. The average Bonchev–Trinajstić information content (AvgIpc) is 2.71. The van der Waals surface area contributed by atoms with Crippen LogP contribution in [0.4, 0.5) is 8.78 Å². The third-order valence-electron chi connectivity index (χ3n) is 4.31. The molecule has 0 radical (unpaired) electrons. The molecule has 0 spiro atoms. The van der Waals surface area contributed by atoms with Crippen LogP contribution in [0.5, 0.6) is 11.5 Å². The lowest BCUT2D eigenvalue weighted by atomic mass is 10.1. The maximum Gasteiger partial charge on any atom is 0.191 e. The number of rotatable bonds is 8. The van der Waals surface area contributed by atoms with E-state index in [1.54, 1.807) is 25.1 Å². The maximum atomic E-state index is 14.0. The van der Waals surface area contributed by atoms with Crippen molar-refractivity contribution in [1.82, 2.24) is 10.6 Å². The van der Waals surface area contributed by atoms with Crippen LogP contribution in [0.25, 0.3) is 0 Å². The number of methoxy groups -OCH3 is 2. The number of hydrogen-bond acceptors (Lipinski definition) is 4. The van der Waals surface area contributed by atoms with Crippen molar-refractivity contribution in [2.24, 2.45) is 4.99 Å². The zero-order valence-electron chi connectivity index (χ0n) is 17.0. The lowest BCUT2D eigenvalue weighted by Gasteiger charge is -2.19. The molecule has 2 unspecified atom stereocenters. The van der Waals surface area contributed by atoms with Gasteiger partial charge in [0.1, 0.15) is 23.1 Å². The Kier molecular flexibility index (Phi) is 8.21. The van der Waals surface area contributed by atoms with Gasteiger partial charge in [0, 0.05) is 24.2 Å². The van der Waals surface area contributed by atoms with Crippen molar-refractivity contribution >= 4 is 5.96 Å². The average molecular weight is 407 g/mol. The van der Waals surface area contributed by atoms with Crippen molar-refractivity contribution in [3.05, 3.63) is 59.2 Å². The van der Waals surface area contributed by atoms with E-state index in [0.29, 0.717) is 35.1 Å². The fraction of sp³-hybridized carbons (Fsp3) is 0.381. The summed E-state index contributed by atoms with van der Waals surface area (Å²) in [5.41, 5.74) is 0.911. The molecule has 0 heterocycles. The third kappa shape index (κ3) is 6.32. The lowest BCUT2D eigenvalue weighted by Crippen LogP contribution is -2.39. The molecule has 0 aliphatic heterocycles. The summed E-state index contributed by atoms with van der Waals surface area (Å²) in [6, 6.07) is 8.12. The number of nitrogens with zero attached hydrogens (tertiary/aromatic N) is 1. The first-order chi connectivity index (χ1) is 13.9. The van der Waals surface area contributed by atoms with Gasteiger partial charge in [-0.05, 0) is 37.6 Å².